The van der Waals surface area contributed by atoms with E-state index in [2.05, 4.69) is 141 Å². The Balaban J connectivity index is 2.09. The van der Waals surface area contributed by atoms with Crippen LogP contribution in [0.1, 0.15) is 45.8 Å². The highest BCUT2D eigenvalue weighted by Gasteiger charge is 2.44. The van der Waals surface area contributed by atoms with Crippen LogP contribution in [0.25, 0.3) is 0 Å². The predicted octanol–water partition coefficient (Wildman–Crippen LogP) is 7.76. The zero-order valence-electron chi connectivity index (χ0n) is 19.6. The fourth-order valence-corrected chi connectivity index (χ4v) is 9.68. The Labute approximate surface area is 198 Å². The van der Waals surface area contributed by atoms with Crippen molar-refractivity contribution in [1.29, 1.82) is 0 Å². The lowest BCUT2D eigenvalue weighted by Gasteiger charge is -2.39. The first kappa shape index (κ1) is 24.4. The summed E-state index contributed by atoms with van der Waals surface area (Å²) in [6, 6.07) is 30.7. The zero-order valence-corrected chi connectivity index (χ0v) is 23.1. The third kappa shape index (κ3) is 5.22. The van der Waals surface area contributed by atoms with Crippen LogP contribution in [0.2, 0.25) is 18.1 Å². The maximum Gasteiger partial charge on any atom is 0.192 e. The van der Waals surface area contributed by atoms with Gasteiger partial charge in [-0.1, -0.05) is 76.2 Å². The lowest BCUT2D eigenvalue weighted by atomic mass is 10.1. The van der Waals surface area contributed by atoms with E-state index in [0.717, 1.165) is 6.42 Å². The molecule has 3 aromatic rings. The predicted molar refractivity (Wildman–Crippen MR) is 145 cm³/mol. The number of hydrogen-bond donors (Lipinski definition) is 0. The van der Waals surface area contributed by atoms with Crippen molar-refractivity contribution in [1.82, 2.24) is 0 Å². The molecule has 1 nitrogen and oxygen atoms in total. The first-order valence-corrected chi connectivity index (χ1v) is 17.8. The summed E-state index contributed by atoms with van der Waals surface area (Å²) in [4.78, 5) is 0. The first-order chi connectivity index (χ1) is 14.6. The Kier molecular flexibility index (Phi) is 7.64. The second kappa shape index (κ2) is 9.71. The van der Waals surface area contributed by atoms with Crippen LogP contribution in [0.3, 0.4) is 0 Å². The molecule has 164 valence electrons. The van der Waals surface area contributed by atoms with Gasteiger partial charge in [-0.15, -0.1) is 0 Å². The summed E-state index contributed by atoms with van der Waals surface area (Å²) in [5.74, 6) is -1.92. The number of rotatable bonds is 7. The molecule has 1 atom stereocenters. The molecule has 0 aromatic heterocycles. The third-order valence-electron chi connectivity index (χ3n) is 6.44. The van der Waals surface area contributed by atoms with E-state index in [9.17, 15) is 0 Å². The molecule has 0 radical (unpaired) electrons. The van der Waals surface area contributed by atoms with Crippen LogP contribution in [-0.2, 0) is 4.43 Å². The van der Waals surface area contributed by atoms with Gasteiger partial charge in [-0.25, -0.2) is 0 Å². The van der Waals surface area contributed by atoms with Gasteiger partial charge in [-0.05, 0) is 66.5 Å². The molecule has 0 aliphatic heterocycles. The fourth-order valence-electron chi connectivity index (χ4n) is 3.55. The van der Waals surface area contributed by atoms with E-state index in [1.54, 1.807) is 0 Å². The molecular weight excluding hydrogens is 479 g/mol. The second-order valence-electron chi connectivity index (χ2n) is 9.63. The lowest BCUT2D eigenvalue weighted by molar-refractivity contribution is 0.179. The maximum absolute atomic E-state index is 6.85. The van der Waals surface area contributed by atoms with Crippen molar-refractivity contribution in [3.63, 3.8) is 0 Å². The molecule has 0 bridgehead atoms. The van der Waals surface area contributed by atoms with Crippen molar-refractivity contribution in [3.05, 3.63) is 90.5 Å². The van der Waals surface area contributed by atoms with Crippen LogP contribution in [0.5, 0.6) is 0 Å². The summed E-state index contributed by atoms with van der Waals surface area (Å²) >= 11 is 4.29. The van der Waals surface area contributed by atoms with Crippen LogP contribution in [0.4, 0.5) is 0 Å². The molecule has 0 saturated carbocycles. The molecule has 3 aromatic carbocycles. The van der Waals surface area contributed by atoms with Gasteiger partial charge in [0, 0.05) is 0 Å². The summed E-state index contributed by atoms with van der Waals surface area (Å²) in [6.45, 7) is 13.8. The molecule has 0 saturated heterocycles. The summed E-state index contributed by atoms with van der Waals surface area (Å²) in [5.41, 5.74) is 1.28. The van der Waals surface area contributed by atoms with Crippen molar-refractivity contribution in [3.8, 4) is 0 Å². The van der Waals surface area contributed by atoms with Crippen molar-refractivity contribution in [2.45, 2.75) is 58.4 Å². The van der Waals surface area contributed by atoms with Gasteiger partial charge in [-0.3, -0.25) is 0 Å². The molecular formula is C27H35BrOPSi+. The Hall–Kier alpha value is -1.25. The quantitative estimate of drug-likeness (QED) is 0.231. The Morgan fingerprint density at radius 1 is 0.806 bits per heavy atom. The van der Waals surface area contributed by atoms with Gasteiger partial charge in [0.15, 0.2) is 29.8 Å². The summed E-state index contributed by atoms with van der Waals surface area (Å²) in [6.07, 6.45) is 1.09. The first-order valence-electron chi connectivity index (χ1n) is 11.1. The molecule has 4 heteroatoms. The summed E-state index contributed by atoms with van der Waals surface area (Å²) in [7, 11) is -1.87. The Bertz CT molecular complexity index is 943. The molecule has 0 aliphatic rings. The van der Waals surface area contributed by atoms with Crippen LogP contribution in [-0.4, -0.2) is 8.32 Å². The van der Waals surface area contributed by atoms with Crippen molar-refractivity contribution in [2.24, 2.45) is 0 Å². The lowest BCUT2D eigenvalue weighted by Crippen LogP contribution is -2.41. The topological polar surface area (TPSA) is 9.23 Å². The Morgan fingerprint density at radius 3 is 1.74 bits per heavy atom. The van der Waals surface area contributed by atoms with E-state index in [0.29, 0.717) is 0 Å². The highest BCUT2D eigenvalue weighted by atomic mass is 79.9. The highest BCUT2D eigenvalue weighted by Crippen LogP contribution is 2.62. The molecule has 3 rings (SSSR count). The molecule has 0 amide bonds. The monoisotopic (exact) mass is 513 g/mol. The molecule has 31 heavy (non-hydrogen) atoms. The number of benzene rings is 3. The zero-order chi connectivity index (χ0) is 22.7. The van der Waals surface area contributed by atoms with Crippen molar-refractivity contribution in [2.75, 3.05) is 0 Å². The summed E-state index contributed by atoms with van der Waals surface area (Å²) < 4.78 is 6.85. The van der Waals surface area contributed by atoms with Gasteiger partial charge in [0.2, 0.25) is 0 Å². The van der Waals surface area contributed by atoms with E-state index < -0.39 is 14.3 Å². The summed E-state index contributed by atoms with van der Waals surface area (Å²) in [5, 5.41) is 4.19. The minimum absolute atomic E-state index is 0.119. The molecule has 1 unspecified atom stereocenters. The third-order valence-corrected chi connectivity index (χ3v) is 17.6. The van der Waals surface area contributed by atoms with Crippen LogP contribution in [0, 0.1) is 0 Å². The SMILES string of the molecule is CCC(O[Si](C)(C)C(C)(C)C)c1cccc([P+](Br)(c2ccccc2)c2ccccc2)c1. The molecule has 0 N–H and O–H groups in total. The minimum Gasteiger partial charge on any atom is -0.410 e. The van der Waals surface area contributed by atoms with Crippen LogP contribution < -0.4 is 15.9 Å². The molecule has 0 heterocycles. The average Bonchev–Trinajstić information content (AvgIpc) is 2.77. The smallest absolute Gasteiger partial charge is 0.192 e. The van der Waals surface area contributed by atoms with Gasteiger partial charge in [0.1, 0.15) is 15.9 Å². The van der Waals surface area contributed by atoms with Crippen molar-refractivity contribution >= 4 is 45.7 Å². The van der Waals surface area contributed by atoms with Gasteiger partial charge < -0.3 is 4.43 Å². The van der Waals surface area contributed by atoms with E-state index in [1.165, 1.54) is 21.5 Å². The molecule has 0 spiro atoms. The normalized spacial score (nSPS) is 13.8. The number of hydrogen-bond acceptors (Lipinski definition) is 1. The molecule has 0 aliphatic carbocycles. The van der Waals surface area contributed by atoms with Crippen molar-refractivity contribution < 1.29 is 4.43 Å². The van der Waals surface area contributed by atoms with Crippen LogP contribution in [0.15, 0.2) is 84.9 Å². The largest absolute Gasteiger partial charge is 0.410 e. The maximum atomic E-state index is 6.85. The van der Waals surface area contributed by atoms with Gasteiger partial charge in [0.05, 0.1) is 6.10 Å². The second-order valence-corrected chi connectivity index (χ2v) is 20.3. The highest BCUT2D eigenvalue weighted by molar-refractivity contribution is 9.44. The average molecular weight is 515 g/mol. The Morgan fingerprint density at radius 2 is 1.29 bits per heavy atom. The van der Waals surface area contributed by atoms with E-state index in [-0.39, 0.29) is 11.1 Å². The van der Waals surface area contributed by atoms with Crippen LogP contribution >= 0.6 is 21.5 Å². The van der Waals surface area contributed by atoms with E-state index >= 15 is 0 Å². The van der Waals surface area contributed by atoms with Gasteiger partial charge in [-0.2, -0.15) is 0 Å². The van der Waals surface area contributed by atoms with E-state index in [4.69, 9.17) is 4.43 Å². The minimum atomic E-state index is -1.92. The number of halogens is 1. The van der Waals surface area contributed by atoms with Gasteiger partial charge in [0.25, 0.3) is 0 Å². The van der Waals surface area contributed by atoms with Gasteiger partial charge >= 0.3 is 0 Å². The molecule has 0 fully saturated rings. The standard InChI is InChI=1S/C27H35BrOPSi/c1-7-26(29-31(5,6)27(2,3)4)22-15-14-20-25(21-22)30(28,23-16-10-8-11-17-23)24-18-12-9-13-19-24/h8-21,26H,7H2,1-6H3/q+1. The fraction of sp³-hybridized carbons (Fsp3) is 0.333. The van der Waals surface area contributed by atoms with E-state index in [1.807, 2.05) is 0 Å².